The monoisotopic (exact) mass is 268 g/mol. The molecule has 0 saturated heterocycles. The summed E-state index contributed by atoms with van der Waals surface area (Å²) in [6.45, 7) is 0. The van der Waals surface area contributed by atoms with Crippen molar-refractivity contribution in [3.63, 3.8) is 0 Å². The van der Waals surface area contributed by atoms with Gasteiger partial charge in [0, 0.05) is 11.6 Å². The molecule has 1 aromatic carbocycles. The summed E-state index contributed by atoms with van der Waals surface area (Å²) in [4.78, 5) is 15.9. The van der Waals surface area contributed by atoms with Gasteiger partial charge in [0.25, 0.3) is 0 Å². The Kier molecular flexibility index (Phi) is 3.04. The fraction of sp³-hybridized carbons (Fsp3) is 0.0714. The van der Waals surface area contributed by atoms with Crippen LogP contribution in [0.25, 0.3) is 11.0 Å². The standard InChI is InChI=1S/C14H12N4O2/c15-10-8-16-6-5-11(10)17-14(19)7-12-9-3-1-2-4-13(9)20-18-12/h1-6,8H,7,15H2,(H,16,17,19). The van der Waals surface area contributed by atoms with E-state index >= 15 is 0 Å². The maximum atomic E-state index is 12.0. The summed E-state index contributed by atoms with van der Waals surface area (Å²) in [5, 5.41) is 7.49. The van der Waals surface area contributed by atoms with Gasteiger partial charge >= 0.3 is 0 Å². The third kappa shape index (κ3) is 2.31. The van der Waals surface area contributed by atoms with Crippen molar-refractivity contribution in [1.82, 2.24) is 10.1 Å². The molecule has 0 aliphatic rings. The number of anilines is 2. The molecule has 1 amide bonds. The number of carbonyl (C=O) groups excluding carboxylic acids is 1. The van der Waals surface area contributed by atoms with Crippen molar-refractivity contribution in [2.75, 3.05) is 11.1 Å². The average molecular weight is 268 g/mol. The number of para-hydroxylation sites is 1. The first-order chi connectivity index (χ1) is 9.74. The number of hydrogen-bond acceptors (Lipinski definition) is 5. The van der Waals surface area contributed by atoms with Crippen molar-refractivity contribution < 1.29 is 9.32 Å². The number of nitrogen functional groups attached to an aromatic ring is 1. The second kappa shape index (κ2) is 5.00. The molecular formula is C14H12N4O2. The number of benzene rings is 1. The average Bonchev–Trinajstić information content (AvgIpc) is 2.85. The van der Waals surface area contributed by atoms with Crippen LogP contribution in [0.2, 0.25) is 0 Å². The van der Waals surface area contributed by atoms with Crippen molar-refractivity contribution in [3.8, 4) is 0 Å². The quantitative estimate of drug-likeness (QED) is 0.757. The lowest BCUT2D eigenvalue weighted by Crippen LogP contribution is -2.15. The fourth-order valence-electron chi connectivity index (χ4n) is 1.93. The summed E-state index contributed by atoms with van der Waals surface area (Å²) < 4.78 is 5.16. The van der Waals surface area contributed by atoms with Crippen LogP contribution in [-0.4, -0.2) is 16.0 Å². The number of pyridine rings is 1. The van der Waals surface area contributed by atoms with Gasteiger partial charge in [0.15, 0.2) is 5.58 Å². The van der Waals surface area contributed by atoms with E-state index in [1.807, 2.05) is 24.3 Å². The number of nitrogens with zero attached hydrogens (tertiary/aromatic N) is 2. The minimum Gasteiger partial charge on any atom is -0.396 e. The van der Waals surface area contributed by atoms with E-state index in [9.17, 15) is 4.79 Å². The molecule has 2 heterocycles. The molecule has 6 heteroatoms. The van der Waals surface area contributed by atoms with Crippen molar-refractivity contribution in [2.24, 2.45) is 0 Å². The van der Waals surface area contributed by atoms with Crippen LogP contribution in [-0.2, 0) is 11.2 Å². The van der Waals surface area contributed by atoms with E-state index < -0.39 is 0 Å². The first kappa shape index (κ1) is 12.2. The molecule has 2 aromatic heterocycles. The lowest BCUT2D eigenvalue weighted by molar-refractivity contribution is -0.115. The van der Waals surface area contributed by atoms with Crippen LogP contribution in [0.15, 0.2) is 47.2 Å². The van der Waals surface area contributed by atoms with E-state index in [1.54, 1.807) is 12.3 Å². The molecule has 3 aromatic rings. The molecule has 3 N–H and O–H groups in total. The van der Waals surface area contributed by atoms with Gasteiger partial charge in [-0.2, -0.15) is 0 Å². The van der Waals surface area contributed by atoms with Crippen LogP contribution < -0.4 is 11.1 Å². The van der Waals surface area contributed by atoms with Gasteiger partial charge in [0.2, 0.25) is 5.91 Å². The van der Waals surface area contributed by atoms with E-state index in [1.165, 1.54) is 6.20 Å². The summed E-state index contributed by atoms with van der Waals surface area (Å²) in [6, 6.07) is 9.06. The SMILES string of the molecule is Nc1cnccc1NC(=O)Cc1noc2ccccc12. The van der Waals surface area contributed by atoms with Crippen LogP contribution in [0.4, 0.5) is 11.4 Å². The molecule has 0 radical (unpaired) electrons. The minimum atomic E-state index is -0.207. The number of amides is 1. The Morgan fingerprint density at radius 1 is 1.30 bits per heavy atom. The molecule has 0 fully saturated rings. The summed E-state index contributed by atoms with van der Waals surface area (Å²) >= 11 is 0. The second-order valence-electron chi connectivity index (χ2n) is 4.31. The maximum Gasteiger partial charge on any atom is 0.230 e. The highest BCUT2D eigenvalue weighted by atomic mass is 16.5. The predicted octanol–water partition coefficient (Wildman–Crippen LogP) is 1.99. The number of fused-ring (bicyclic) bond motifs is 1. The number of rotatable bonds is 3. The van der Waals surface area contributed by atoms with Crippen molar-refractivity contribution in [1.29, 1.82) is 0 Å². The second-order valence-corrected chi connectivity index (χ2v) is 4.31. The molecule has 6 nitrogen and oxygen atoms in total. The normalized spacial score (nSPS) is 10.6. The van der Waals surface area contributed by atoms with Crippen LogP contribution in [0.5, 0.6) is 0 Å². The van der Waals surface area contributed by atoms with Gasteiger partial charge in [0.05, 0.1) is 24.0 Å². The molecule has 3 rings (SSSR count). The summed E-state index contributed by atoms with van der Waals surface area (Å²) in [7, 11) is 0. The zero-order chi connectivity index (χ0) is 13.9. The third-order valence-electron chi connectivity index (χ3n) is 2.91. The lowest BCUT2D eigenvalue weighted by Gasteiger charge is -2.06. The van der Waals surface area contributed by atoms with Gasteiger partial charge in [-0.25, -0.2) is 0 Å². The molecule has 20 heavy (non-hydrogen) atoms. The molecule has 0 saturated carbocycles. The highest BCUT2D eigenvalue weighted by Crippen LogP contribution is 2.19. The topological polar surface area (TPSA) is 94.0 Å². The third-order valence-corrected chi connectivity index (χ3v) is 2.91. The van der Waals surface area contributed by atoms with Gasteiger partial charge in [0.1, 0.15) is 5.69 Å². The van der Waals surface area contributed by atoms with Gasteiger partial charge in [-0.05, 0) is 18.2 Å². The van der Waals surface area contributed by atoms with Gasteiger partial charge in [-0.3, -0.25) is 9.78 Å². The highest BCUT2D eigenvalue weighted by Gasteiger charge is 2.12. The molecule has 0 bridgehead atoms. The Hall–Kier alpha value is -2.89. The van der Waals surface area contributed by atoms with Crippen molar-refractivity contribution >= 4 is 28.3 Å². The molecule has 0 atom stereocenters. The summed E-state index contributed by atoms with van der Waals surface area (Å²) in [6.07, 6.45) is 3.18. The number of hydrogen-bond donors (Lipinski definition) is 2. The van der Waals surface area contributed by atoms with Crippen LogP contribution in [0.1, 0.15) is 5.69 Å². The van der Waals surface area contributed by atoms with Crippen LogP contribution >= 0.6 is 0 Å². The number of nitrogens with one attached hydrogen (secondary N) is 1. The molecule has 100 valence electrons. The minimum absolute atomic E-state index is 0.124. The van der Waals surface area contributed by atoms with E-state index in [2.05, 4.69) is 15.5 Å². The first-order valence-corrected chi connectivity index (χ1v) is 6.06. The van der Waals surface area contributed by atoms with Crippen LogP contribution in [0.3, 0.4) is 0 Å². The fourth-order valence-corrected chi connectivity index (χ4v) is 1.93. The zero-order valence-electron chi connectivity index (χ0n) is 10.5. The smallest absolute Gasteiger partial charge is 0.230 e. The zero-order valence-corrected chi connectivity index (χ0v) is 10.5. The van der Waals surface area contributed by atoms with E-state index in [4.69, 9.17) is 10.3 Å². The molecule has 0 unspecified atom stereocenters. The highest BCUT2D eigenvalue weighted by molar-refractivity contribution is 5.96. The lowest BCUT2D eigenvalue weighted by atomic mass is 10.1. The number of nitrogens with two attached hydrogens (primary N) is 1. The number of carbonyl (C=O) groups is 1. The Labute approximate surface area is 114 Å². The van der Waals surface area contributed by atoms with Crippen molar-refractivity contribution in [3.05, 3.63) is 48.4 Å². The summed E-state index contributed by atoms with van der Waals surface area (Å²) in [5.41, 5.74) is 7.95. The molecule has 0 aliphatic heterocycles. The molecule has 0 spiro atoms. The van der Waals surface area contributed by atoms with Crippen LogP contribution in [0, 0.1) is 0 Å². The van der Waals surface area contributed by atoms with E-state index in [-0.39, 0.29) is 12.3 Å². The van der Waals surface area contributed by atoms with Gasteiger partial charge in [-0.15, -0.1) is 0 Å². The first-order valence-electron chi connectivity index (χ1n) is 6.06. The van der Waals surface area contributed by atoms with Gasteiger partial charge < -0.3 is 15.6 Å². The Morgan fingerprint density at radius 2 is 2.15 bits per heavy atom. The maximum absolute atomic E-state index is 12.0. The Morgan fingerprint density at radius 3 is 3.00 bits per heavy atom. The predicted molar refractivity (Wildman–Crippen MR) is 75.0 cm³/mol. The summed E-state index contributed by atoms with van der Waals surface area (Å²) in [5.74, 6) is -0.207. The van der Waals surface area contributed by atoms with Crippen molar-refractivity contribution in [2.45, 2.75) is 6.42 Å². The largest absolute Gasteiger partial charge is 0.396 e. The molecule has 0 aliphatic carbocycles. The Balaban J connectivity index is 1.78. The van der Waals surface area contributed by atoms with E-state index in [0.717, 1.165) is 5.39 Å². The molecular weight excluding hydrogens is 256 g/mol. The number of aromatic nitrogens is 2. The Bertz CT molecular complexity index is 766. The van der Waals surface area contributed by atoms with Gasteiger partial charge in [-0.1, -0.05) is 17.3 Å². The van der Waals surface area contributed by atoms with E-state index in [0.29, 0.717) is 22.7 Å².